The molecular weight excluding hydrogens is 343 g/mol. The Morgan fingerprint density at radius 2 is 2.15 bits per heavy atom. The molecule has 0 radical (unpaired) electrons. The number of benzene rings is 2. The molecule has 1 N–H and O–H groups in total. The van der Waals surface area contributed by atoms with Gasteiger partial charge in [0.1, 0.15) is 5.82 Å². The van der Waals surface area contributed by atoms with Crippen LogP contribution in [0.4, 0.5) is 4.39 Å². The van der Waals surface area contributed by atoms with E-state index >= 15 is 0 Å². The Bertz CT molecular complexity index is 794. The van der Waals surface area contributed by atoms with E-state index in [1.54, 1.807) is 19.2 Å². The highest BCUT2D eigenvalue weighted by atomic mass is 19.1. The van der Waals surface area contributed by atoms with Crippen LogP contribution in [-0.2, 0) is 4.74 Å². The summed E-state index contributed by atoms with van der Waals surface area (Å²) in [6, 6.07) is 12.1. The summed E-state index contributed by atoms with van der Waals surface area (Å²) in [5.41, 5.74) is 3.25. The van der Waals surface area contributed by atoms with E-state index in [1.165, 1.54) is 12.1 Å². The third-order valence-corrected chi connectivity index (χ3v) is 5.17. The molecule has 144 valence electrons. The van der Waals surface area contributed by atoms with Crippen LogP contribution in [0.3, 0.4) is 0 Å². The molecule has 0 aliphatic carbocycles. The number of nitrogens with one attached hydrogen (secondary N) is 1. The molecule has 1 saturated heterocycles. The molecule has 1 aliphatic heterocycles. The topological polar surface area (TPSA) is 41.6 Å². The lowest BCUT2D eigenvalue weighted by atomic mass is 9.98. The second kappa shape index (κ2) is 9.11. The molecule has 0 aromatic heterocycles. The number of carbonyl (C=O) groups excluding carboxylic acids is 1. The molecule has 1 atom stereocenters. The van der Waals surface area contributed by atoms with Gasteiger partial charge in [0.2, 0.25) is 0 Å². The van der Waals surface area contributed by atoms with E-state index in [0.29, 0.717) is 18.0 Å². The summed E-state index contributed by atoms with van der Waals surface area (Å²) in [7, 11) is 1.72. The summed E-state index contributed by atoms with van der Waals surface area (Å²) in [6.45, 7) is 6.34. The van der Waals surface area contributed by atoms with Crippen molar-refractivity contribution >= 4 is 5.91 Å². The first-order valence-corrected chi connectivity index (χ1v) is 9.43. The van der Waals surface area contributed by atoms with Crippen LogP contribution in [0.15, 0.2) is 42.5 Å². The van der Waals surface area contributed by atoms with E-state index in [4.69, 9.17) is 4.74 Å². The van der Waals surface area contributed by atoms with Gasteiger partial charge in [-0.3, -0.25) is 4.79 Å². The van der Waals surface area contributed by atoms with Gasteiger partial charge in [0.15, 0.2) is 0 Å². The molecule has 1 aliphatic rings. The van der Waals surface area contributed by atoms with Crippen molar-refractivity contribution in [3.05, 3.63) is 59.4 Å². The third-order valence-electron chi connectivity index (χ3n) is 5.17. The van der Waals surface area contributed by atoms with E-state index < -0.39 is 0 Å². The van der Waals surface area contributed by atoms with Gasteiger partial charge in [0.05, 0.1) is 6.61 Å². The zero-order valence-corrected chi connectivity index (χ0v) is 16.0. The molecular formula is C22H27FN2O2. The maximum atomic E-state index is 13.6. The largest absolute Gasteiger partial charge is 0.383 e. The maximum absolute atomic E-state index is 13.6. The number of carbonyl (C=O) groups is 1. The average Bonchev–Trinajstić information content (AvgIpc) is 3.14. The Morgan fingerprint density at radius 3 is 2.96 bits per heavy atom. The number of hydrogen-bond acceptors (Lipinski definition) is 3. The molecule has 0 bridgehead atoms. The van der Waals surface area contributed by atoms with Crippen molar-refractivity contribution in [2.24, 2.45) is 5.92 Å². The molecule has 0 saturated carbocycles. The minimum absolute atomic E-state index is 0.0822. The summed E-state index contributed by atoms with van der Waals surface area (Å²) < 4.78 is 18.7. The van der Waals surface area contributed by atoms with Gasteiger partial charge in [0, 0.05) is 32.3 Å². The van der Waals surface area contributed by atoms with E-state index in [1.807, 2.05) is 25.1 Å². The Morgan fingerprint density at radius 1 is 1.30 bits per heavy atom. The Labute approximate surface area is 160 Å². The highest BCUT2D eigenvalue weighted by Crippen LogP contribution is 2.25. The predicted molar refractivity (Wildman–Crippen MR) is 105 cm³/mol. The number of hydrogen-bond donors (Lipinski definition) is 1. The quantitative estimate of drug-likeness (QED) is 0.811. The number of methoxy groups -OCH3 is 1. The lowest BCUT2D eigenvalue weighted by molar-refractivity contribution is 0.0946. The van der Waals surface area contributed by atoms with Crippen LogP contribution in [0.1, 0.15) is 22.3 Å². The number of rotatable bonds is 7. The first-order chi connectivity index (χ1) is 13.1. The molecule has 1 heterocycles. The highest BCUT2D eigenvalue weighted by Gasteiger charge is 2.22. The fourth-order valence-electron chi connectivity index (χ4n) is 3.58. The number of likely N-dealkylation sites (tertiary alicyclic amines) is 1. The van der Waals surface area contributed by atoms with Crippen molar-refractivity contribution in [3.8, 4) is 11.1 Å². The molecule has 0 spiro atoms. The first kappa shape index (κ1) is 19.5. The molecule has 1 amide bonds. The Hall–Kier alpha value is -2.24. The number of halogens is 1. The van der Waals surface area contributed by atoms with Crippen LogP contribution in [-0.4, -0.2) is 50.7 Å². The average molecular weight is 370 g/mol. The number of ether oxygens (including phenoxy) is 1. The van der Waals surface area contributed by atoms with Gasteiger partial charge in [-0.25, -0.2) is 4.39 Å². The first-order valence-electron chi connectivity index (χ1n) is 9.43. The molecule has 5 heteroatoms. The minimum atomic E-state index is -0.273. The van der Waals surface area contributed by atoms with Crippen molar-refractivity contribution in [2.75, 3.05) is 39.9 Å². The molecule has 2 aromatic rings. The molecule has 27 heavy (non-hydrogen) atoms. The Balaban J connectivity index is 1.60. The van der Waals surface area contributed by atoms with Crippen molar-refractivity contribution in [1.29, 1.82) is 0 Å². The summed E-state index contributed by atoms with van der Waals surface area (Å²) >= 11 is 0. The minimum Gasteiger partial charge on any atom is -0.383 e. The highest BCUT2D eigenvalue weighted by molar-refractivity contribution is 5.95. The lowest BCUT2D eigenvalue weighted by Gasteiger charge is -2.15. The Kier molecular flexibility index (Phi) is 6.58. The van der Waals surface area contributed by atoms with Crippen molar-refractivity contribution in [3.63, 3.8) is 0 Å². The van der Waals surface area contributed by atoms with Gasteiger partial charge < -0.3 is 15.0 Å². The van der Waals surface area contributed by atoms with Gasteiger partial charge in [-0.1, -0.05) is 18.2 Å². The number of aryl methyl sites for hydroxylation is 1. The van der Waals surface area contributed by atoms with Gasteiger partial charge >= 0.3 is 0 Å². The summed E-state index contributed by atoms with van der Waals surface area (Å²) in [6.07, 6.45) is 1.09. The molecule has 4 nitrogen and oxygen atoms in total. The van der Waals surface area contributed by atoms with Crippen LogP contribution in [0.2, 0.25) is 0 Å². The zero-order chi connectivity index (χ0) is 19.2. The van der Waals surface area contributed by atoms with E-state index in [9.17, 15) is 9.18 Å². The van der Waals surface area contributed by atoms with Crippen LogP contribution < -0.4 is 5.32 Å². The number of nitrogens with zero attached hydrogens (tertiary/aromatic N) is 1. The number of amides is 1. The summed E-state index contributed by atoms with van der Waals surface area (Å²) in [5, 5.41) is 3.05. The second-order valence-corrected chi connectivity index (χ2v) is 7.20. The van der Waals surface area contributed by atoms with Crippen molar-refractivity contribution < 1.29 is 13.9 Å². The van der Waals surface area contributed by atoms with Crippen molar-refractivity contribution in [2.45, 2.75) is 13.3 Å². The van der Waals surface area contributed by atoms with Crippen LogP contribution in [0.25, 0.3) is 11.1 Å². The van der Waals surface area contributed by atoms with Gasteiger partial charge in [-0.2, -0.15) is 0 Å². The maximum Gasteiger partial charge on any atom is 0.251 e. The SMILES string of the molecule is COCCN1CC[C@H](CNC(=O)c2cccc(-c3cc(F)ccc3C)c2)C1. The van der Waals surface area contributed by atoms with Gasteiger partial charge in [-0.15, -0.1) is 0 Å². The monoisotopic (exact) mass is 370 g/mol. The molecule has 3 rings (SSSR count). The fraction of sp³-hybridized carbons (Fsp3) is 0.409. The molecule has 2 aromatic carbocycles. The third kappa shape index (κ3) is 5.15. The summed E-state index contributed by atoms with van der Waals surface area (Å²) in [5.74, 6) is 0.116. The lowest BCUT2D eigenvalue weighted by Crippen LogP contribution is -2.31. The normalized spacial score (nSPS) is 17.2. The fourth-order valence-corrected chi connectivity index (χ4v) is 3.58. The van der Waals surface area contributed by atoms with Crippen LogP contribution in [0.5, 0.6) is 0 Å². The van der Waals surface area contributed by atoms with Gasteiger partial charge in [-0.05, 0) is 66.8 Å². The van der Waals surface area contributed by atoms with Crippen LogP contribution in [0, 0.1) is 18.7 Å². The molecule has 1 fully saturated rings. The van der Waals surface area contributed by atoms with Gasteiger partial charge in [0.25, 0.3) is 5.91 Å². The zero-order valence-electron chi connectivity index (χ0n) is 16.0. The van der Waals surface area contributed by atoms with E-state index in [-0.39, 0.29) is 11.7 Å². The molecule has 0 unspecified atom stereocenters. The van der Waals surface area contributed by atoms with E-state index in [2.05, 4.69) is 10.2 Å². The smallest absolute Gasteiger partial charge is 0.251 e. The van der Waals surface area contributed by atoms with Crippen molar-refractivity contribution in [1.82, 2.24) is 10.2 Å². The summed E-state index contributed by atoms with van der Waals surface area (Å²) in [4.78, 5) is 14.9. The standard InChI is InChI=1S/C22H27FN2O2/c1-16-6-7-20(23)13-21(16)18-4-3-5-19(12-18)22(26)24-14-17-8-9-25(15-17)10-11-27-2/h3-7,12-13,17H,8-11,14-15H2,1-2H3,(H,24,26)/t17-/m1/s1. The van der Waals surface area contributed by atoms with E-state index in [0.717, 1.165) is 49.4 Å². The second-order valence-electron chi connectivity index (χ2n) is 7.20. The predicted octanol–water partition coefficient (Wildman–Crippen LogP) is 3.50. The van der Waals surface area contributed by atoms with Crippen LogP contribution >= 0.6 is 0 Å².